The third kappa shape index (κ3) is 4.83. The summed E-state index contributed by atoms with van der Waals surface area (Å²) in [5, 5.41) is 10.0. The normalized spacial score (nSPS) is 21.1. The first kappa shape index (κ1) is 22.5. The lowest BCUT2D eigenvalue weighted by atomic mass is 10.1. The van der Waals surface area contributed by atoms with Gasteiger partial charge >= 0.3 is 0 Å². The van der Waals surface area contributed by atoms with Gasteiger partial charge in [0.1, 0.15) is 12.4 Å². The van der Waals surface area contributed by atoms with Crippen molar-refractivity contribution in [1.82, 2.24) is 14.3 Å². The summed E-state index contributed by atoms with van der Waals surface area (Å²) in [6.07, 6.45) is 5.05. The molecule has 2 aliphatic carbocycles. The minimum atomic E-state index is -3.17. The summed E-state index contributed by atoms with van der Waals surface area (Å²) in [6, 6.07) is 4.46. The van der Waals surface area contributed by atoms with Gasteiger partial charge in [-0.3, -0.25) is 0 Å². The lowest BCUT2D eigenvalue weighted by Crippen LogP contribution is -2.43. The number of aliphatic hydroxyl groups is 1. The van der Waals surface area contributed by atoms with Crippen molar-refractivity contribution in [2.75, 3.05) is 13.1 Å². The Hall–Kier alpha value is -2.30. The molecule has 10 heteroatoms. The zero-order chi connectivity index (χ0) is 23.2. The molecule has 0 bridgehead atoms. The molecule has 1 aliphatic heterocycles. The van der Waals surface area contributed by atoms with E-state index in [0.717, 1.165) is 25.7 Å². The molecule has 8 nitrogen and oxygen atoms in total. The lowest BCUT2D eigenvalue weighted by molar-refractivity contribution is 0.128. The summed E-state index contributed by atoms with van der Waals surface area (Å²) in [5.41, 5.74) is 1.08. The van der Waals surface area contributed by atoms with Gasteiger partial charge in [0.25, 0.3) is 0 Å². The predicted octanol–water partition coefficient (Wildman–Crippen LogP) is 3.50. The number of aromatic nitrogens is 2. The maximum atomic E-state index is 14.6. The van der Waals surface area contributed by atoms with Crippen molar-refractivity contribution in [2.24, 2.45) is 5.92 Å². The smallest absolute Gasteiger partial charge is 0.229 e. The molecule has 178 valence electrons. The summed E-state index contributed by atoms with van der Waals surface area (Å²) in [5.74, 6) is 0.165. The van der Waals surface area contributed by atoms with Crippen molar-refractivity contribution in [3.8, 4) is 17.5 Å². The molecule has 3 fully saturated rings. The number of sulfonamides is 1. The summed E-state index contributed by atoms with van der Waals surface area (Å²) < 4.78 is 52.7. The molecule has 2 heterocycles. The van der Waals surface area contributed by atoms with Gasteiger partial charge in [-0.2, -0.15) is 0 Å². The highest BCUT2D eigenvalue weighted by Crippen LogP contribution is 2.42. The number of aliphatic hydroxyl groups excluding tert-OH is 1. The first-order valence-electron chi connectivity index (χ1n) is 11.5. The Kier molecular flexibility index (Phi) is 6.00. The van der Waals surface area contributed by atoms with E-state index in [1.54, 1.807) is 17.3 Å². The molecule has 2 saturated carbocycles. The first-order chi connectivity index (χ1) is 15.8. The Morgan fingerprint density at radius 1 is 1.09 bits per heavy atom. The summed E-state index contributed by atoms with van der Waals surface area (Å²) in [7, 11) is -3.17. The molecule has 0 spiro atoms. The fraction of sp³-hybridized carbons (Fsp3) is 0.565. The van der Waals surface area contributed by atoms with E-state index in [0.29, 0.717) is 42.9 Å². The average molecular weight is 478 g/mol. The highest BCUT2D eigenvalue weighted by Gasteiger charge is 2.41. The van der Waals surface area contributed by atoms with Crippen molar-refractivity contribution < 1.29 is 27.4 Å². The molecule has 33 heavy (non-hydrogen) atoms. The molecule has 1 atom stereocenters. The standard InChI is InChI=1S/C23H28FN3O5S/c1-14-22(31-17-8-10-27(11-9-17)33(29,30)18-5-6-18)25-13-26-23(14)32-20-7-4-16(12-19(20)24)21(28)15-2-3-15/h4,7,12-13,15,17-18,21,28H,2-3,5-6,8-11H2,1H3. The van der Waals surface area contributed by atoms with Crippen molar-refractivity contribution in [1.29, 1.82) is 0 Å². The van der Waals surface area contributed by atoms with Crippen LogP contribution in [0.1, 0.15) is 55.8 Å². The van der Waals surface area contributed by atoms with Gasteiger partial charge in [-0.05, 0) is 69.1 Å². The zero-order valence-electron chi connectivity index (χ0n) is 18.5. The lowest BCUT2D eigenvalue weighted by Gasteiger charge is -2.31. The van der Waals surface area contributed by atoms with Gasteiger partial charge in [-0.15, -0.1) is 0 Å². The number of ether oxygens (including phenoxy) is 2. The van der Waals surface area contributed by atoms with Gasteiger partial charge in [0.2, 0.25) is 21.8 Å². The van der Waals surface area contributed by atoms with E-state index < -0.39 is 21.9 Å². The van der Waals surface area contributed by atoms with Crippen molar-refractivity contribution in [2.45, 2.75) is 62.9 Å². The Bertz CT molecular complexity index is 1130. The highest BCUT2D eigenvalue weighted by atomic mass is 32.2. The summed E-state index contributed by atoms with van der Waals surface area (Å²) in [6.45, 7) is 2.60. The van der Waals surface area contributed by atoms with Gasteiger partial charge in [0.05, 0.1) is 16.9 Å². The Balaban J connectivity index is 1.23. The van der Waals surface area contributed by atoms with E-state index in [1.807, 2.05) is 0 Å². The monoisotopic (exact) mass is 477 g/mol. The summed E-state index contributed by atoms with van der Waals surface area (Å²) in [4.78, 5) is 8.31. The minimum Gasteiger partial charge on any atom is -0.474 e. The van der Waals surface area contributed by atoms with Gasteiger partial charge in [0.15, 0.2) is 11.6 Å². The molecule has 0 radical (unpaired) electrons. The van der Waals surface area contributed by atoms with Gasteiger partial charge in [-0.1, -0.05) is 6.07 Å². The second-order valence-corrected chi connectivity index (χ2v) is 11.4. The molecule has 2 aromatic rings. The number of hydrogen-bond donors (Lipinski definition) is 1. The number of nitrogens with zero attached hydrogens (tertiary/aromatic N) is 3. The number of rotatable bonds is 8. The average Bonchev–Trinajstić information content (AvgIpc) is 3.70. The second-order valence-electron chi connectivity index (χ2n) is 9.14. The van der Waals surface area contributed by atoms with E-state index >= 15 is 0 Å². The van der Waals surface area contributed by atoms with Crippen molar-refractivity contribution >= 4 is 10.0 Å². The maximum absolute atomic E-state index is 14.6. The van der Waals surface area contributed by atoms with Crippen LogP contribution >= 0.6 is 0 Å². The molecule has 3 aliphatic rings. The number of benzene rings is 1. The van der Waals surface area contributed by atoms with Crippen LogP contribution in [-0.4, -0.2) is 52.2 Å². The molecule has 1 aromatic carbocycles. The largest absolute Gasteiger partial charge is 0.474 e. The Morgan fingerprint density at radius 3 is 2.42 bits per heavy atom. The van der Waals surface area contributed by atoms with Crippen LogP contribution in [0.4, 0.5) is 4.39 Å². The molecule has 1 aromatic heterocycles. The van der Waals surface area contributed by atoms with Crippen LogP contribution < -0.4 is 9.47 Å². The van der Waals surface area contributed by atoms with E-state index in [9.17, 15) is 17.9 Å². The van der Waals surface area contributed by atoms with E-state index in [1.165, 1.54) is 18.5 Å². The topological polar surface area (TPSA) is 102 Å². The third-order valence-corrected chi connectivity index (χ3v) is 8.95. The second kappa shape index (κ2) is 8.81. The number of piperidine rings is 1. The van der Waals surface area contributed by atoms with E-state index in [2.05, 4.69) is 9.97 Å². The number of hydrogen-bond acceptors (Lipinski definition) is 7. The molecule has 5 rings (SSSR count). The molecule has 1 saturated heterocycles. The van der Waals surface area contributed by atoms with E-state index in [-0.39, 0.29) is 28.9 Å². The Labute approximate surface area is 192 Å². The number of halogens is 1. The zero-order valence-corrected chi connectivity index (χ0v) is 19.3. The first-order valence-corrected chi connectivity index (χ1v) is 13.0. The fourth-order valence-electron chi connectivity index (χ4n) is 4.15. The fourth-order valence-corrected chi connectivity index (χ4v) is 6.02. The van der Waals surface area contributed by atoms with Crippen molar-refractivity contribution in [3.63, 3.8) is 0 Å². The molecule has 1 N–H and O–H groups in total. The quantitative estimate of drug-likeness (QED) is 0.621. The third-order valence-electron chi connectivity index (χ3n) is 6.55. The minimum absolute atomic E-state index is 0.00749. The van der Waals surface area contributed by atoms with Gasteiger partial charge in [0, 0.05) is 13.1 Å². The molecular weight excluding hydrogens is 449 g/mol. The molecule has 0 amide bonds. The van der Waals surface area contributed by atoms with Crippen LogP contribution in [0.3, 0.4) is 0 Å². The van der Waals surface area contributed by atoms with Crippen LogP contribution in [-0.2, 0) is 10.0 Å². The maximum Gasteiger partial charge on any atom is 0.229 e. The van der Waals surface area contributed by atoms with Crippen LogP contribution in [0.2, 0.25) is 0 Å². The Morgan fingerprint density at radius 2 is 1.79 bits per heavy atom. The van der Waals surface area contributed by atoms with E-state index in [4.69, 9.17) is 9.47 Å². The van der Waals surface area contributed by atoms with Crippen LogP contribution in [0.15, 0.2) is 24.5 Å². The van der Waals surface area contributed by atoms with Crippen LogP contribution in [0.5, 0.6) is 17.5 Å². The SMILES string of the molecule is Cc1c(Oc2ccc(C(O)C3CC3)cc2F)ncnc1OC1CCN(S(=O)(=O)C2CC2)CC1. The predicted molar refractivity (Wildman–Crippen MR) is 118 cm³/mol. The molecular formula is C23H28FN3O5S. The van der Waals surface area contributed by atoms with Gasteiger partial charge < -0.3 is 14.6 Å². The van der Waals surface area contributed by atoms with Crippen molar-refractivity contribution in [3.05, 3.63) is 41.5 Å². The summed E-state index contributed by atoms with van der Waals surface area (Å²) >= 11 is 0. The van der Waals surface area contributed by atoms with Crippen LogP contribution in [0.25, 0.3) is 0 Å². The highest BCUT2D eigenvalue weighted by molar-refractivity contribution is 7.90. The van der Waals surface area contributed by atoms with Gasteiger partial charge in [-0.25, -0.2) is 27.1 Å². The van der Waals surface area contributed by atoms with Crippen LogP contribution in [0, 0.1) is 18.7 Å². The molecule has 1 unspecified atom stereocenters.